The maximum absolute atomic E-state index is 11.4. The van der Waals surface area contributed by atoms with Crippen LogP contribution in [-0.2, 0) is 23.9 Å². The highest BCUT2D eigenvalue weighted by molar-refractivity contribution is 5.92. The van der Waals surface area contributed by atoms with Gasteiger partial charge in [-0.3, -0.25) is 4.79 Å². The van der Waals surface area contributed by atoms with E-state index in [1.165, 1.54) is 24.3 Å². The summed E-state index contributed by atoms with van der Waals surface area (Å²) in [5.41, 5.74) is 0.439. The molecule has 7 heteroatoms. The number of esters is 3. The Morgan fingerprint density at radius 2 is 1.67 bits per heavy atom. The zero-order chi connectivity index (χ0) is 15.7. The van der Waals surface area contributed by atoms with E-state index in [0.717, 1.165) is 19.3 Å². The van der Waals surface area contributed by atoms with Gasteiger partial charge in [-0.2, -0.15) is 0 Å². The van der Waals surface area contributed by atoms with Crippen molar-refractivity contribution in [1.29, 1.82) is 0 Å². The highest BCUT2D eigenvalue weighted by atomic mass is 16.6. The van der Waals surface area contributed by atoms with Gasteiger partial charge in [-0.15, -0.1) is 0 Å². The van der Waals surface area contributed by atoms with E-state index in [2.05, 4.69) is 9.47 Å². The summed E-state index contributed by atoms with van der Waals surface area (Å²) in [4.78, 5) is 43.7. The number of benzene rings is 1. The van der Waals surface area contributed by atoms with E-state index in [0.29, 0.717) is 11.8 Å². The van der Waals surface area contributed by atoms with Gasteiger partial charge in [0.15, 0.2) is 6.61 Å². The summed E-state index contributed by atoms with van der Waals surface area (Å²) in [7, 11) is 1.16. The van der Waals surface area contributed by atoms with Gasteiger partial charge in [-0.25, -0.2) is 14.4 Å². The van der Waals surface area contributed by atoms with Crippen molar-refractivity contribution in [2.45, 2.75) is 0 Å². The SMILES string of the molecule is COC(=O)/C=C\C(=O)OCC(=O)Oc1ccc(C=O)cc1. The highest BCUT2D eigenvalue weighted by Crippen LogP contribution is 2.11. The predicted molar refractivity (Wildman–Crippen MR) is 69.6 cm³/mol. The Morgan fingerprint density at radius 1 is 1.05 bits per heavy atom. The van der Waals surface area contributed by atoms with Crippen LogP contribution in [0.1, 0.15) is 10.4 Å². The summed E-state index contributed by atoms with van der Waals surface area (Å²) in [6.45, 7) is -0.611. The maximum atomic E-state index is 11.4. The van der Waals surface area contributed by atoms with Gasteiger partial charge in [0.05, 0.1) is 7.11 Å². The first-order valence-corrected chi connectivity index (χ1v) is 5.74. The van der Waals surface area contributed by atoms with Crippen LogP contribution in [0.5, 0.6) is 5.75 Å². The Labute approximate surface area is 120 Å². The van der Waals surface area contributed by atoms with E-state index in [1.54, 1.807) is 0 Å². The monoisotopic (exact) mass is 292 g/mol. The van der Waals surface area contributed by atoms with Crippen molar-refractivity contribution in [3.8, 4) is 5.75 Å². The average Bonchev–Trinajstić information content (AvgIpc) is 2.51. The summed E-state index contributed by atoms with van der Waals surface area (Å²) in [5, 5.41) is 0. The minimum Gasteiger partial charge on any atom is -0.466 e. The molecule has 0 spiro atoms. The minimum absolute atomic E-state index is 0.215. The van der Waals surface area contributed by atoms with Crippen molar-refractivity contribution in [2.75, 3.05) is 13.7 Å². The number of methoxy groups -OCH3 is 1. The molecule has 0 fully saturated rings. The largest absolute Gasteiger partial charge is 0.466 e. The van der Waals surface area contributed by atoms with Crippen molar-refractivity contribution >= 4 is 24.2 Å². The Hall–Kier alpha value is -2.96. The minimum atomic E-state index is -0.881. The predicted octanol–water partition coefficient (Wildman–Crippen LogP) is 0.677. The topological polar surface area (TPSA) is 96.0 Å². The lowest BCUT2D eigenvalue weighted by atomic mass is 10.2. The third kappa shape index (κ3) is 6.15. The van der Waals surface area contributed by atoms with E-state index in [1.807, 2.05) is 0 Å². The van der Waals surface area contributed by atoms with E-state index >= 15 is 0 Å². The Bertz CT molecular complexity index is 557. The van der Waals surface area contributed by atoms with Gasteiger partial charge in [-0.1, -0.05) is 0 Å². The van der Waals surface area contributed by atoms with Gasteiger partial charge in [0.2, 0.25) is 0 Å². The first-order valence-electron chi connectivity index (χ1n) is 5.74. The summed E-state index contributed by atoms with van der Waals surface area (Å²) in [6.07, 6.45) is 2.35. The fraction of sp³-hybridized carbons (Fsp3) is 0.143. The van der Waals surface area contributed by atoms with Crippen molar-refractivity contribution < 1.29 is 33.4 Å². The maximum Gasteiger partial charge on any atom is 0.349 e. The van der Waals surface area contributed by atoms with Crippen molar-refractivity contribution in [1.82, 2.24) is 0 Å². The lowest BCUT2D eigenvalue weighted by Gasteiger charge is -2.04. The molecule has 1 aromatic rings. The summed E-state index contributed by atoms with van der Waals surface area (Å²) < 4.78 is 13.7. The summed E-state index contributed by atoms with van der Waals surface area (Å²) in [6, 6.07) is 5.81. The number of rotatable bonds is 6. The van der Waals surface area contributed by atoms with E-state index < -0.39 is 24.5 Å². The van der Waals surface area contributed by atoms with Crippen molar-refractivity contribution in [3.63, 3.8) is 0 Å². The number of carbonyl (C=O) groups is 4. The van der Waals surface area contributed by atoms with Crippen LogP contribution in [0.3, 0.4) is 0 Å². The van der Waals surface area contributed by atoms with E-state index in [-0.39, 0.29) is 5.75 Å². The van der Waals surface area contributed by atoms with E-state index in [4.69, 9.17) is 4.74 Å². The molecule has 0 heterocycles. The molecule has 0 aromatic heterocycles. The number of ether oxygens (including phenoxy) is 3. The molecular weight excluding hydrogens is 280 g/mol. The zero-order valence-electron chi connectivity index (χ0n) is 11.1. The molecule has 0 atom stereocenters. The lowest BCUT2D eigenvalue weighted by molar-refractivity contribution is -0.150. The zero-order valence-corrected chi connectivity index (χ0v) is 11.1. The van der Waals surface area contributed by atoms with Crippen LogP contribution < -0.4 is 4.74 Å². The lowest BCUT2D eigenvalue weighted by Crippen LogP contribution is -2.18. The standard InChI is InChI=1S/C14H12O7/c1-19-12(16)6-7-13(17)20-9-14(18)21-11-4-2-10(8-15)3-5-11/h2-8H,9H2,1H3/b7-6-. The number of carbonyl (C=O) groups excluding carboxylic acids is 4. The third-order valence-electron chi connectivity index (χ3n) is 2.14. The highest BCUT2D eigenvalue weighted by Gasteiger charge is 2.08. The molecule has 0 saturated carbocycles. The molecule has 0 radical (unpaired) electrons. The third-order valence-corrected chi connectivity index (χ3v) is 2.14. The van der Waals surface area contributed by atoms with Crippen LogP contribution in [0, 0.1) is 0 Å². The molecule has 0 saturated heterocycles. The summed E-state index contributed by atoms with van der Waals surface area (Å²) >= 11 is 0. The van der Waals surface area contributed by atoms with Gasteiger partial charge in [-0.05, 0) is 24.3 Å². The second kappa shape index (κ2) is 8.26. The molecule has 21 heavy (non-hydrogen) atoms. The van der Waals surface area contributed by atoms with E-state index in [9.17, 15) is 19.2 Å². The first-order chi connectivity index (χ1) is 10.0. The molecule has 7 nitrogen and oxygen atoms in total. The normalized spacial score (nSPS) is 9.95. The molecule has 0 amide bonds. The fourth-order valence-corrected chi connectivity index (χ4v) is 1.16. The molecule has 0 aliphatic rings. The van der Waals surface area contributed by atoms with Crippen LogP contribution in [0.25, 0.3) is 0 Å². The molecule has 0 unspecified atom stereocenters. The molecule has 1 aromatic carbocycles. The Morgan fingerprint density at radius 3 is 2.24 bits per heavy atom. The number of hydrogen-bond acceptors (Lipinski definition) is 7. The molecule has 0 N–H and O–H groups in total. The molecular formula is C14H12O7. The smallest absolute Gasteiger partial charge is 0.349 e. The van der Waals surface area contributed by atoms with Crippen LogP contribution in [-0.4, -0.2) is 37.9 Å². The molecule has 0 aliphatic carbocycles. The quantitative estimate of drug-likeness (QED) is 0.329. The molecule has 1 rings (SSSR count). The Balaban J connectivity index is 2.39. The molecule has 110 valence electrons. The van der Waals surface area contributed by atoms with Crippen LogP contribution >= 0.6 is 0 Å². The van der Waals surface area contributed by atoms with Gasteiger partial charge in [0.1, 0.15) is 12.0 Å². The Kier molecular flexibility index (Phi) is 6.33. The molecule has 0 bridgehead atoms. The number of hydrogen-bond donors (Lipinski definition) is 0. The number of aldehydes is 1. The van der Waals surface area contributed by atoms with Crippen LogP contribution in [0.15, 0.2) is 36.4 Å². The van der Waals surface area contributed by atoms with Crippen molar-refractivity contribution in [2.24, 2.45) is 0 Å². The second-order valence-electron chi connectivity index (χ2n) is 3.63. The average molecular weight is 292 g/mol. The van der Waals surface area contributed by atoms with Gasteiger partial charge in [0.25, 0.3) is 0 Å². The van der Waals surface area contributed by atoms with Gasteiger partial charge in [0, 0.05) is 17.7 Å². The molecule has 0 aliphatic heterocycles. The van der Waals surface area contributed by atoms with Crippen LogP contribution in [0.2, 0.25) is 0 Å². The van der Waals surface area contributed by atoms with Crippen LogP contribution in [0.4, 0.5) is 0 Å². The fourth-order valence-electron chi connectivity index (χ4n) is 1.16. The van der Waals surface area contributed by atoms with Gasteiger partial charge >= 0.3 is 17.9 Å². The van der Waals surface area contributed by atoms with Gasteiger partial charge < -0.3 is 14.2 Å². The first kappa shape index (κ1) is 16.1. The second-order valence-corrected chi connectivity index (χ2v) is 3.63. The summed E-state index contributed by atoms with van der Waals surface area (Å²) in [5.74, 6) is -2.18. The van der Waals surface area contributed by atoms with Crippen molar-refractivity contribution in [3.05, 3.63) is 42.0 Å².